The van der Waals surface area contributed by atoms with Crippen molar-refractivity contribution in [3.8, 4) is 11.1 Å². The summed E-state index contributed by atoms with van der Waals surface area (Å²) in [6, 6.07) is 15.2. The highest BCUT2D eigenvalue weighted by Crippen LogP contribution is 2.44. The molecule has 2 aromatic carbocycles. The standard InChI is InChI=1S/C27H34N2O5/c1-17(2)12-14-24(26(32)28-18(3)13-15-25(30)31)29-27(33)34-16-23-21-10-6-4-8-19(21)20-9-5-7-11-22(20)23/h4-11,17-18,23-24H,12-16H2,1-3H3,(H,28,32)(H,29,33)(H,30,31). The van der Waals surface area contributed by atoms with Gasteiger partial charge in [0.15, 0.2) is 0 Å². The van der Waals surface area contributed by atoms with Crippen LogP contribution in [0.5, 0.6) is 0 Å². The maximum atomic E-state index is 12.8. The molecular weight excluding hydrogens is 432 g/mol. The van der Waals surface area contributed by atoms with Gasteiger partial charge in [-0.2, -0.15) is 0 Å². The molecule has 0 saturated heterocycles. The molecular formula is C27H34N2O5. The zero-order valence-electron chi connectivity index (χ0n) is 20.0. The summed E-state index contributed by atoms with van der Waals surface area (Å²) in [7, 11) is 0. The third kappa shape index (κ3) is 6.59. The lowest BCUT2D eigenvalue weighted by Gasteiger charge is -2.22. The van der Waals surface area contributed by atoms with Crippen LogP contribution in [-0.2, 0) is 14.3 Å². The number of hydrogen-bond acceptors (Lipinski definition) is 4. The lowest BCUT2D eigenvalue weighted by atomic mass is 9.98. The molecule has 7 heteroatoms. The predicted octanol–water partition coefficient (Wildman–Crippen LogP) is 4.70. The average Bonchev–Trinajstić information content (AvgIpc) is 3.12. The van der Waals surface area contributed by atoms with E-state index in [9.17, 15) is 14.4 Å². The third-order valence-corrected chi connectivity index (χ3v) is 6.16. The van der Waals surface area contributed by atoms with Crippen LogP contribution in [0.3, 0.4) is 0 Å². The molecule has 0 bridgehead atoms. The van der Waals surface area contributed by atoms with Crippen molar-refractivity contribution in [1.82, 2.24) is 10.6 Å². The van der Waals surface area contributed by atoms with E-state index >= 15 is 0 Å². The first kappa shape index (κ1) is 25.3. The van der Waals surface area contributed by atoms with Gasteiger partial charge in [-0.15, -0.1) is 0 Å². The van der Waals surface area contributed by atoms with Crippen LogP contribution in [0, 0.1) is 5.92 Å². The summed E-state index contributed by atoms with van der Waals surface area (Å²) in [5, 5.41) is 14.4. The van der Waals surface area contributed by atoms with Crippen LogP contribution in [0.2, 0.25) is 0 Å². The maximum absolute atomic E-state index is 12.8. The van der Waals surface area contributed by atoms with E-state index in [-0.39, 0.29) is 30.9 Å². The Morgan fingerprint density at radius 3 is 2.03 bits per heavy atom. The topological polar surface area (TPSA) is 105 Å². The number of rotatable bonds is 11. The highest BCUT2D eigenvalue weighted by molar-refractivity contribution is 5.86. The first-order chi connectivity index (χ1) is 16.3. The Balaban J connectivity index is 1.62. The van der Waals surface area contributed by atoms with Gasteiger partial charge in [-0.1, -0.05) is 62.4 Å². The van der Waals surface area contributed by atoms with E-state index < -0.39 is 18.1 Å². The van der Waals surface area contributed by atoms with Gasteiger partial charge in [-0.25, -0.2) is 4.79 Å². The van der Waals surface area contributed by atoms with Gasteiger partial charge in [-0.05, 0) is 54.4 Å². The second-order valence-corrected chi connectivity index (χ2v) is 9.34. The van der Waals surface area contributed by atoms with Crippen molar-refractivity contribution in [2.45, 2.75) is 64.5 Å². The molecule has 0 aromatic heterocycles. The van der Waals surface area contributed by atoms with Crippen LogP contribution in [0.1, 0.15) is 63.5 Å². The number of carbonyl (C=O) groups is 3. The van der Waals surface area contributed by atoms with Crippen molar-refractivity contribution in [3.05, 3.63) is 59.7 Å². The minimum absolute atomic E-state index is 0.0298. The van der Waals surface area contributed by atoms with Gasteiger partial charge in [0.2, 0.25) is 5.91 Å². The Hall–Kier alpha value is -3.35. The second-order valence-electron chi connectivity index (χ2n) is 9.34. The Morgan fingerprint density at radius 1 is 0.882 bits per heavy atom. The smallest absolute Gasteiger partial charge is 0.407 e. The summed E-state index contributed by atoms with van der Waals surface area (Å²) in [6.07, 6.45) is 0.884. The third-order valence-electron chi connectivity index (χ3n) is 6.16. The summed E-state index contributed by atoms with van der Waals surface area (Å²) >= 11 is 0. The molecule has 1 aliphatic carbocycles. The van der Waals surface area contributed by atoms with Crippen molar-refractivity contribution in [3.63, 3.8) is 0 Å². The van der Waals surface area contributed by atoms with Gasteiger partial charge in [-0.3, -0.25) is 9.59 Å². The molecule has 2 atom stereocenters. The second kappa shape index (κ2) is 11.7. The fraction of sp³-hybridized carbons (Fsp3) is 0.444. The van der Waals surface area contributed by atoms with Gasteiger partial charge in [0, 0.05) is 18.4 Å². The lowest BCUT2D eigenvalue weighted by molar-refractivity contribution is -0.137. The molecule has 0 fully saturated rings. The van der Waals surface area contributed by atoms with Crippen molar-refractivity contribution < 1.29 is 24.2 Å². The zero-order chi connectivity index (χ0) is 24.7. The fourth-order valence-corrected chi connectivity index (χ4v) is 4.31. The van der Waals surface area contributed by atoms with Crippen LogP contribution in [0.4, 0.5) is 4.79 Å². The highest BCUT2D eigenvalue weighted by Gasteiger charge is 2.30. The summed E-state index contributed by atoms with van der Waals surface area (Å²) in [5.41, 5.74) is 4.55. The summed E-state index contributed by atoms with van der Waals surface area (Å²) in [6.45, 7) is 6.04. The molecule has 0 heterocycles. The van der Waals surface area contributed by atoms with Crippen LogP contribution in [0.25, 0.3) is 11.1 Å². The number of carbonyl (C=O) groups excluding carboxylic acids is 2. The first-order valence-corrected chi connectivity index (χ1v) is 11.9. The molecule has 0 radical (unpaired) electrons. The van der Waals surface area contributed by atoms with Gasteiger partial charge in [0.05, 0.1) is 0 Å². The number of aliphatic carboxylic acids is 1. The Morgan fingerprint density at radius 2 is 1.47 bits per heavy atom. The number of carboxylic acid groups (broad SMARTS) is 1. The average molecular weight is 467 g/mol. The van der Waals surface area contributed by atoms with Gasteiger partial charge < -0.3 is 20.5 Å². The number of hydrogen-bond donors (Lipinski definition) is 3. The molecule has 3 N–H and O–H groups in total. The number of fused-ring (bicyclic) bond motifs is 3. The molecule has 2 aromatic rings. The van der Waals surface area contributed by atoms with Crippen LogP contribution in [-0.4, -0.2) is 41.8 Å². The van der Waals surface area contributed by atoms with E-state index in [1.54, 1.807) is 6.92 Å². The normalized spacial score (nSPS) is 14.1. The maximum Gasteiger partial charge on any atom is 0.407 e. The zero-order valence-corrected chi connectivity index (χ0v) is 20.0. The number of benzene rings is 2. The van der Waals surface area contributed by atoms with Crippen LogP contribution >= 0.6 is 0 Å². The number of alkyl carbamates (subject to hydrolysis) is 1. The van der Waals surface area contributed by atoms with Gasteiger partial charge in [0.25, 0.3) is 0 Å². The first-order valence-electron chi connectivity index (χ1n) is 11.9. The minimum atomic E-state index is -0.908. The Bertz CT molecular complexity index is 974. The number of carboxylic acids is 1. The molecule has 34 heavy (non-hydrogen) atoms. The molecule has 0 spiro atoms. The van der Waals surface area contributed by atoms with E-state index in [2.05, 4.69) is 48.7 Å². The quantitative estimate of drug-likeness (QED) is 0.445. The Kier molecular flexibility index (Phi) is 8.68. The fourth-order valence-electron chi connectivity index (χ4n) is 4.31. The monoisotopic (exact) mass is 466 g/mol. The van der Waals surface area contributed by atoms with E-state index in [1.807, 2.05) is 24.3 Å². The largest absolute Gasteiger partial charge is 0.481 e. The van der Waals surface area contributed by atoms with E-state index in [4.69, 9.17) is 9.84 Å². The van der Waals surface area contributed by atoms with E-state index in [1.165, 1.54) is 0 Å². The van der Waals surface area contributed by atoms with Gasteiger partial charge >= 0.3 is 12.1 Å². The van der Waals surface area contributed by atoms with Crippen molar-refractivity contribution in [1.29, 1.82) is 0 Å². The van der Waals surface area contributed by atoms with E-state index in [0.29, 0.717) is 18.8 Å². The van der Waals surface area contributed by atoms with Crippen molar-refractivity contribution in [2.24, 2.45) is 5.92 Å². The molecule has 0 aliphatic heterocycles. The SMILES string of the molecule is CC(C)CCC(NC(=O)OCC1c2ccccc2-c2ccccc21)C(=O)NC(C)CCC(=O)O. The molecule has 2 amide bonds. The molecule has 7 nitrogen and oxygen atoms in total. The summed E-state index contributed by atoms with van der Waals surface area (Å²) in [4.78, 5) is 36.3. The van der Waals surface area contributed by atoms with Gasteiger partial charge in [0.1, 0.15) is 12.6 Å². The highest BCUT2D eigenvalue weighted by atomic mass is 16.5. The van der Waals surface area contributed by atoms with Crippen LogP contribution < -0.4 is 10.6 Å². The number of nitrogens with one attached hydrogen (secondary N) is 2. The minimum Gasteiger partial charge on any atom is -0.481 e. The predicted molar refractivity (Wildman–Crippen MR) is 131 cm³/mol. The molecule has 182 valence electrons. The lowest BCUT2D eigenvalue weighted by Crippen LogP contribution is -2.49. The van der Waals surface area contributed by atoms with E-state index in [0.717, 1.165) is 28.7 Å². The molecule has 2 unspecified atom stereocenters. The molecule has 1 aliphatic rings. The van der Waals surface area contributed by atoms with Crippen molar-refractivity contribution >= 4 is 18.0 Å². The summed E-state index contributed by atoms with van der Waals surface area (Å²) in [5.74, 6) is -0.928. The van der Waals surface area contributed by atoms with Crippen LogP contribution in [0.15, 0.2) is 48.5 Å². The number of ether oxygens (including phenoxy) is 1. The molecule has 0 saturated carbocycles. The summed E-state index contributed by atoms with van der Waals surface area (Å²) < 4.78 is 5.60. The molecule has 3 rings (SSSR count). The Labute approximate surface area is 200 Å². The van der Waals surface area contributed by atoms with Crippen molar-refractivity contribution in [2.75, 3.05) is 6.61 Å². The number of amides is 2.